The number of benzene rings is 1. The molecule has 1 aromatic rings. The summed E-state index contributed by atoms with van der Waals surface area (Å²) in [6.07, 6.45) is -3.92. The topological polar surface area (TPSA) is 87.0 Å². The van der Waals surface area contributed by atoms with Crippen molar-refractivity contribution in [3.63, 3.8) is 0 Å². The number of rotatable bonds is 4. The summed E-state index contributed by atoms with van der Waals surface area (Å²) >= 11 is 0. The van der Waals surface area contributed by atoms with Crippen molar-refractivity contribution < 1.29 is 33.6 Å². The van der Waals surface area contributed by atoms with Crippen LogP contribution in [0.25, 0.3) is 0 Å². The van der Waals surface area contributed by atoms with Crippen molar-refractivity contribution in [3.8, 4) is 5.75 Å². The minimum atomic E-state index is -2.00. The number of halogens is 2. The van der Waals surface area contributed by atoms with E-state index in [0.717, 1.165) is 0 Å². The molecule has 2 atom stereocenters. The second-order valence-corrected chi connectivity index (χ2v) is 3.47. The first-order chi connectivity index (χ1) is 8.38. The standard InChI is InChI=1S/C11H12F2O5/c1-2-18-11(17)10(16)9(15)5-3-6(12)7(13)4-8(5)14/h3-4,9-10,14-16H,2H2,1H3. The van der Waals surface area contributed by atoms with Gasteiger partial charge in [-0.1, -0.05) is 0 Å². The summed E-state index contributed by atoms with van der Waals surface area (Å²) in [5.41, 5.74) is -0.505. The van der Waals surface area contributed by atoms with Crippen molar-refractivity contribution in [2.45, 2.75) is 19.1 Å². The molecular formula is C11H12F2O5. The van der Waals surface area contributed by atoms with E-state index >= 15 is 0 Å². The van der Waals surface area contributed by atoms with Gasteiger partial charge in [0.15, 0.2) is 17.7 Å². The summed E-state index contributed by atoms with van der Waals surface area (Å²) in [4.78, 5) is 11.1. The lowest BCUT2D eigenvalue weighted by Gasteiger charge is -2.17. The third-order valence-corrected chi connectivity index (χ3v) is 2.22. The van der Waals surface area contributed by atoms with Crippen molar-refractivity contribution in [2.75, 3.05) is 6.61 Å². The minimum Gasteiger partial charge on any atom is -0.507 e. The summed E-state index contributed by atoms with van der Waals surface area (Å²) in [7, 11) is 0. The van der Waals surface area contributed by atoms with E-state index in [1.807, 2.05) is 0 Å². The van der Waals surface area contributed by atoms with E-state index in [4.69, 9.17) is 0 Å². The monoisotopic (exact) mass is 262 g/mol. The highest BCUT2D eigenvalue weighted by atomic mass is 19.2. The van der Waals surface area contributed by atoms with Gasteiger partial charge in [0.05, 0.1) is 6.61 Å². The van der Waals surface area contributed by atoms with Crippen LogP contribution < -0.4 is 0 Å². The number of phenolic OH excluding ortho intramolecular Hbond substituents is 1. The van der Waals surface area contributed by atoms with Gasteiger partial charge in [0, 0.05) is 11.6 Å². The minimum absolute atomic E-state index is 0.0215. The number of hydrogen-bond donors (Lipinski definition) is 3. The molecule has 1 rings (SSSR count). The van der Waals surface area contributed by atoms with Gasteiger partial charge in [-0.25, -0.2) is 13.6 Å². The molecular weight excluding hydrogens is 250 g/mol. The highest BCUT2D eigenvalue weighted by Crippen LogP contribution is 2.29. The third-order valence-electron chi connectivity index (χ3n) is 2.22. The molecule has 3 N–H and O–H groups in total. The molecule has 5 nitrogen and oxygen atoms in total. The lowest BCUT2D eigenvalue weighted by molar-refractivity contribution is -0.159. The molecule has 0 aromatic heterocycles. The highest BCUT2D eigenvalue weighted by Gasteiger charge is 2.29. The molecule has 0 fully saturated rings. The van der Waals surface area contributed by atoms with Crippen molar-refractivity contribution in [3.05, 3.63) is 29.3 Å². The Hall–Kier alpha value is -1.73. The summed E-state index contributed by atoms with van der Waals surface area (Å²) in [5.74, 6) is -4.54. The highest BCUT2D eigenvalue weighted by molar-refractivity contribution is 5.75. The van der Waals surface area contributed by atoms with Crippen LogP contribution in [0.5, 0.6) is 5.75 Å². The zero-order chi connectivity index (χ0) is 13.9. The fraction of sp³-hybridized carbons (Fsp3) is 0.364. The Morgan fingerprint density at radius 3 is 2.44 bits per heavy atom. The van der Waals surface area contributed by atoms with Crippen LogP contribution in [0.1, 0.15) is 18.6 Å². The van der Waals surface area contributed by atoms with Gasteiger partial charge in [0.25, 0.3) is 0 Å². The van der Waals surface area contributed by atoms with Crippen LogP contribution >= 0.6 is 0 Å². The van der Waals surface area contributed by atoms with Crippen LogP contribution in [0, 0.1) is 11.6 Å². The normalized spacial score (nSPS) is 14.1. The molecule has 0 saturated heterocycles. The molecule has 0 heterocycles. The Bertz CT molecular complexity index is 449. The average molecular weight is 262 g/mol. The van der Waals surface area contributed by atoms with Crippen LogP contribution in [0.15, 0.2) is 12.1 Å². The third kappa shape index (κ3) is 2.93. The Morgan fingerprint density at radius 1 is 1.33 bits per heavy atom. The van der Waals surface area contributed by atoms with Gasteiger partial charge < -0.3 is 20.1 Å². The molecule has 0 amide bonds. The lowest BCUT2D eigenvalue weighted by Crippen LogP contribution is -2.30. The molecule has 0 saturated carbocycles. The smallest absolute Gasteiger partial charge is 0.338 e. The Labute approximate surface area is 101 Å². The van der Waals surface area contributed by atoms with Crippen molar-refractivity contribution in [1.29, 1.82) is 0 Å². The van der Waals surface area contributed by atoms with Gasteiger partial charge in [0.1, 0.15) is 11.9 Å². The molecule has 0 spiro atoms. The van der Waals surface area contributed by atoms with E-state index < -0.39 is 41.1 Å². The SMILES string of the molecule is CCOC(=O)C(O)C(O)c1cc(F)c(F)cc1O. The van der Waals surface area contributed by atoms with E-state index in [-0.39, 0.29) is 6.61 Å². The van der Waals surface area contributed by atoms with Gasteiger partial charge >= 0.3 is 5.97 Å². The molecule has 100 valence electrons. The number of carbonyl (C=O) groups is 1. The maximum absolute atomic E-state index is 12.9. The first kappa shape index (κ1) is 14.3. The number of aliphatic hydroxyl groups excluding tert-OH is 2. The average Bonchev–Trinajstić information content (AvgIpc) is 2.32. The Morgan fingerprint density at radius 2 is 1.89 bits per heavy atom. The van der Waals surface area contributed by atoms with Crippen LogP contribution in [0.3, 0.4) is 0 Å². The van der Waals surface area contributed by atoms with Crippen LogP contribution in [0.2, 0.25) is 0 Å². The number of aromatic hydroxyl groups is 1. The van der Waals surface area contributed by atoms with Crippen molar-refractivity contribution in [1.82, 2.24) is 0 Å². The van der Waals surface area contributed by atoms with E-state index in [1.54, 1.807) is 0 Å². The predicted octanol–water partition coefficient (Wildman–Crippen LogP) is 0.628. The van der Waals surface area contributed by atoms with Gasteiger partial charge in [-0.15, -0.1) is 0 Å². The number of phenols is 1. The fourth-order valence-electron chi connectivity index (χ4n) is 1.32. The molecule has 0 radical (unpaired) electrons. The van der Waals surface area contributed by atoms with Crippen molar-refractivity contribution in [2.24, 2.45) is 0 Å². The maximum Gasteiger partial charge on any atom is 0.338 e. The quantitative estimate of drug-likeness (QED) is 0.693. The second-order valence-electron chi connectivity index (χ2n) is 3.47. The second kappa shape index (κ2) is 5.74. The summed E-state index contributed by atoms with van der Waals surface area (Å²) < 4.78 is 30.1. The number of hydrogen-bond acceptors (Lipinski definition) is 5. The summed E-state index contributed by atoms with van der Waals surface area (Å²) in [6.45, 7) is 1.47. The van der Waals surface area contributed by atoms with Crippen LogP contribution in [-0.2, 0) is 9.53 Å². The molecule has 2 unspecified atom stereocenters. The molecule has 1 aromatic carbocycles. The molecule has 7 heteroatoms. The number of esters is 1. The van der Waals surface area contributed by atoms with Gasteiger partial charge in [-0.3, -0.25) is 0 Å². The Kier molecular flexibility index (Phi) is 4.57. The maximum atomic E-state index is 12.9. The Balaban J connectivity index is 3.00. The number of aliphatic hydroxyl groups is 2. The molecule has 0 bridgehead atoms. The fourth-order valence-corrected chi connectivity index (χ4v) is 1.32. The van der Waals surface area contributed by atoms with E-state index in [9.17, 15) is 28.9 Å². The first-order valence-electron chi connectivity index (χ1n) is 5.09. The molecule has 0 aliphatic rings. The van der Waals surface area contributed by atoms with Gasteiger partial charge in [-0.05, 0) is 13.0 Å². The van der Waals surface area contributed by atoms with E-state index in [1.165, 1.54) is 6.92 Å². The first-order valence-corrected chi connectivity index (χ1v) is 5.09. The number of carbonyl (C=O) groups excluding carboxylic acids is 1. The molecule has 18 heavy (non-hydrogen) atoms. The number of ether oxygens (including phenoxy) is 1. The van der Waals surface area contributed by atoms with Crippen LogP contribution in [0.4, 0.5) is 8.78 Å². The van der Waals surface area contributed by atoms with Gasteiger partial charge in [0.2, 0.25) is 0 Å². The zero-order valence-electron chi connectivity index (χ0n) is 9.43. The largest absolute Gasteiger partial charge is 0.507 e. The van der Waals surface area contributed by atoms with Gasteiger partial charge in [-0.2, -0.15) is 0 Å². The summed E-state index contributed by atoms with van der Waals surface area (Å²) in [5, 5.41) is 28.3. The summed E-state index contributed by atoms with van der Waals surface area (Å²) in [6, 6.07) is 0.934. The van der Waals surface area contributed by atoms with Crippen molar-refractivity contribution >= 4 is 5.97 Å². The van der Waals surface area contributed by atoms with E-state index in [2.05, 4.69) is 4.74 Å². The van der Waals surface area contributed by atoms with Crippen LogP contribution in [-0.4, -0.2) is 34.0 Å². The predicted molar refractivity (Wildman–Crippen MR) is 55.6 cm³/mol. The zero-order valence-corrected chi connectivity index (χ0v) is 9.43. The molecule has 0 aliphatic heterocycles. The lowest BCUT2D eigenvalue weighted by atomic mass is 10.0. The van der Waals surface area contributed by atoms with E-state index in [0.29, 0.717) is 12.1 Å². The molecule has 0 aliphatic carbocycles.